The van der Waals surface area contributed by atoms with E-state index in [9.17, 15) is 0 Å². The smallest absolute Gasteiger partial charge is 0.191 e. The Balaban J connectivity index is 3.31. The zero-order chi connectivity index (χ0) is 7.72. The Labute approximate surface area is 67.6 Å². The first-order valence-corrected chi connectivity index (χ1v) is 3.25. The first kappa shape index (κ1) is 7.57. The van der Waals surface area contributed by atoms with Crippen molar-refractivity contribution in [2.24, 2.45) is 0 Å². The second-order valence-electron chi connectivity index (χ2n) is 1.70. The molecule has 0 atom stereocenters. The van der Waals surface area contributed by atoms with E-state index in [1.54, 1.807) is 6.92 Å². The van der Waals surface area contributed by atoms with Gasteiger partial charge in [0.2, 0.25) is 0 Å². The molecule has 1 aromatic heterocycles. The number of rotatable bonds is 0. The summed E-state index contributed by atoms with van der Waals surface area (Å²) in [6.45, 7) is 1.64. The number of hydrogen-bond acceptors (Lipinski definition) is 3. The van der Waals surface area contributed by atoms with Gasteiger partial charge >= 0.3 is 0 Å². The number of aryl methyl sites for hydroxylation is 1. The molecule has 0 aliphatic rings. The molecule has 0 fully saturated rings. The Morgan fingerprint density at radius 1 is 1.20 bits per heavy atom. The molecule has 0 spiro atoms. The molecule has 0 bridgehead atoms. The highest BCUT2D eigenvalue weighted by atomic mass is 35.5. The van der Waals surface area contributed by atoms with Crippen LogP contribution in [0.4, 0.5) is 0 Å². The molecule has 0 saturated carbocycles. The quantitative estimate of drug-likeness (QED) is 0.617. The van der Waals surface area contributed by atoms with E-state index in [2.05, 4.69) is 9.97 Å². The predicted octanol–water partition coefficient (Wildman–Crippen LogP) is 1.80. The predicted molar refractivity (Wildman–Crippen MR) is 38.5 cm³/mol. The van der Waals surface area contributed by atoms with Crippen molar-refractivity contribution in [3.63, 3.8) is 0 Å². The standard InChI is InChI=1S/C5H4Cl2N2O/c1-2-8-4(6)3(10)5(7)9-2/h10H,1H3. The number of hydrogen-bond donors (Lipinski definition) is 1. The Morgan fingerprint density at radius 2 is 1.60 bits per heavy atom. The third kappa shape index (κ3) is 1.30. The molecule has 1 rings (SSSR count). The zero-order valence-electron chi connectivity index (χ0n) is 5.10. The van der Waals surface area contributed by atoms with Crippen LogP contribution in [0.3, 0.4) is 0 Å². The van der Waals surface area contributed by atoms with Gasteiger partial charge in [0.1, 0.15) is 5.82 Å². The van der Waals surface area contributed by atoms with Crippen molar-refractivity contribution in [1.82, 2.24) is 9.97 Å². The molecular weight excluding hydrogens is 175 g/mol. The van der Waals surface area contributed by atoms with Gasteiger partial charge in [0.25, 0.3) is 0 Å². The van der Waals surface area contributed by atoms with Gasteiger partial charge in [-0.2, -0.15) is 0 Å². The SMILES string of the molecule is Cc1nc(Cl)c(O)c(Cl)n1. The Morgan fingerprint density at radius 3 is 2.00 bits per heavy atom. The average molecular weight is 179 g/mol. The van der Waals surface area contributed by atoms with Crippen molar-refractivity contribution >= 4 is 23.2 Å². The van der Waals surface area contributed by atoms with E-state index in [1.807, 2.05) is 0 Å². The van der Waals surface area contributed by atoms with Crippen molar-refractivity contribution in [1.29, 1.82) is 0 Å². The number of aromatic hydroxyl groups is 1. The van der Waals surface area contributed by atoms with Crippen LogP contribution in [0.25, 0.3) is 0 Å². The second kappa shape index (κ2) is 2.60. The molecule has 0 aliphatic carbocycles. The normalized spacial score (nSPS) is 9.90. The van der Waals surface area contributed by atoms with Crippen molar-refractivity contribution < 1.29 is 5.11 Å². The fourth-order valence-electron chi connectivity index (χ4n) is 0.500. The zero-order valence-corrected chi connectivity index (χ0v) is 6.61. The van der Waals surface area contributed by atoms with Crippen LogP contribution in [0.5, 0.6) is 5.75 Å². The lowest BCUT2D eigenvalue weighted by Crippen LogP contribution is -1.88. The van der Waals surface area contributed by atoms with E-state index in [-0.39, 0.29) is 16.1 Å². The summed E-state index contributed by atoms with van der Waals surface area (Å²) in [5.41, 5.74) is 0. The van der Waals surface area contributed by atoms with Crippen LogP contribution in [0.15, 0.2) is 0 Å². The van der Waals surface area contributed by atoms with Crippen molar-refractivity contribution in [2.45, 2.75) is 6.92 Å². The molecule has 1 N–H and O–H groups in total. The van der Waals surface area contributed by atoms with Gasteiger partial charge in [-0.3, -0.25) is 0 Å². The van der Waals surface area contributed by atoms with E-state index in [1.165, 1.54) is 0 Å². The van der Waals surface area contributed by atoms with Crippen molar-refractivity contribution in [3.05, 3.63) is 16.1 Å². The third-order valence-corrected chi connectivity index (χ3v) is 1.44. The minimum atomic E-state index is -0.270. The summed E-state index contributed by atoms with van der Waals surface area (Å²) >= 11 is 10.9. The van der Waals surface area contributed by atoms with Gasteiger partial charge in [0.15, 0.2) is 16.1 Å². The molecule has 0 radical (unpaired) electrons. The summed E-state index contributed by atoms with van der Waals surface area (Å²) in [7, 11) is 0. The Kier molecular flexibility index (Phi) is 1.97. The minimum Gasteiger partial charge on any atom is -0.503 e. The van der Waals surface area contributed by atoms with Gasteiger partial charge < -0.3 is 5.11 Å². The van der Waals surface area contributed by atoms with Crippen LogP contribution in [-0.2, 0) is 0 Å². The van der Waals surface area contributed by atoms with Gasteiger partial charge in [0.05, 0.1) is 0 Å². The van der Waals surface area contributed by atoms with Gasteiger partial charge in [-0.25, -0.2) is 9.97 Å². The van der Waals surface area contributed by atoms with Crippen molar-refractivity contribution in [2.75, 3.05) is 0 Å². The first-order valence-electron chi connectivity index (χ1n) is 2.50. The summed E-state index contributed by atoms with van der Waals surface area (Å²) in [4.78, 5) is 7.31. The van der Waals surface area contributed by atoms with Gasteiger partial charge in [0, 0.05) is 0 Å². The summed E-state index contributed by atoms with van der Waals surface area (Å²) in [6.07, 6.45) is 0. The first-order chi connectivity index (χ1) is 4.61. The summed E-state index contributed by atoms with van der Waals surface area (Å²) in [5.74, 6) is 0.168. The van der Waals surface area contributed by atoms with E-state index in [4.69, 9.17) is 28.3 Å². The highest BCUT2D eigenvalue weighted by molar-refractivity contribution is 6.35. The van der Waals surface area contributed by atoms with Crippen LogP contribution < -0.4 is 0 Å². The second-order valence-corrected chi connectivity index (χ2v) is 2.42. The topological polar surface area (TPSA) is 46.0 Å². The Bertz CT molecular complexity index is 241. The van der Waals surface area contributed by atoms with Crippen molar-refractivity contribution in [3.8, 4) is 5.75 Å². The summed E-state index contributed by atoms with van der Waals surface area (Å²) in [5, 5.41) is 8.91. The fraction of sp³-hybridized carbons (Fsp3) is 0.200. The third-order valence-electron chi connectivity index (χ3n) is 0.911. The molecule has 54 valence electrons. The van der Waals surface area contributed by atoms with E-state index >= 15 is 0 Å². The average Bonchev–Trinajstić information content (AvgIpc) is 1.82. The molecule has 0 unspecified atom stereocenters. The molecule has 0 saturated heterocycles. The lowest BCUT2D eigenvalue weighted by Gasteiger charge is -1.97. The molecular formula is C5H4Cl2N2O. The van der Waals surface area contributed by atoms with E-state index in [0.29, 0.717) is 5.82 Å². The maximum Gasteiger partial charge on any atom is 0.191 e. The highest BCUT2D eigenvalue weighted by Crippen LogP contribution is 2.27. The summed E-state index contributed by atoms with van der Waals surface area (Å²) < 4.78 is 0. The fourth-order valence-corrected chi connectivity index (χ4v) is 0.972. The van der Waals surface area contributed by atoms with Crippen LogP contribution in [-0.4, -0.2) is 15.1 Å². The van der Waals surface area contributed by atoms with Crippen LogP contribution in [0, 0.1) is 6.92 Å². The van der Waals surface area contributed by atoms with E-state index < -0.39 is 0 Å². The molecule has 10 heavy (non-hydrogen) atoms. The molecule has 0 amide bonds. The van der Waals surface area contributed by atoms with Gasteiger partial charge in [-0.1, -0.05) is 23.2 Å². The van der Waals surface area contributed by atoms with E-state index in [0.717, 1.165) is 0 Å². The molecule has 0 aliphatic heterocycles. The maximum atomic E-state index is 8.94. The molecule has 0 aromatic carbocycles. The van der Waals surface area contributed by atoms with Crippen LogP contribution >= 0.6 is 23.2 Å². The van der Waals surface area contributed by atoms with Gasteiger partial charge in [-0.15, -0.1) is 0 Å². The van der Waals surface area contributed by atoms with Crippen LogP contribution in [0.1, 0.15) is 5.82 Å². The monoisotopic (exact) mass is 178 g/mol. The largest absolute Gasteiger partial charge is 0.503 e. The molecule has 1 aromatic rings. The number of nitrogens with zero attached hydrogens (tertiary/aromatic N) is 2. The lowest BCUT2D eigenvalue weighted by atomic mass is 10.5. The summed E-state index contributed by atoms with van der Waals surface area (Å²) in [6, 6.07) is 0. The Hall–Kier alpha value is -0.540. The molecule has 5 heteroatoms. The maximum absolute atomic E-state index is 8.94. The minimum absolute atomic E-state index is 0.0162. The lowest BCUT2D eigenvalue weighted by molar-refractivity contribution is 0.469. The highest BCUT2D eigenvalue weighted by Gasteiger charge is 2.06. The molecule has 3 nitrogen and oxygen atoms in total. The number of aromatic nitrogens is 2. The van der Waals surface area contributed by atoms with Crippen LogP contribution in [0.2, 0.25) is 10.3 Å². The van der Waals surface area contributed by atoms with Gasteiger partial charge in [-0.05, 0) is 6.92 Å². The molecule has 1 heterocycles. The number of halogens is 2.